The zero-order valence-corrected chi connectivity index (χ0v) is 13.9. The molecule has 5 nitrogen and oxygen atoms in total. The highest BCUT2D eigenvalue weighted by Gasteiger charge is 2.23. The van der Waals surface area contributed by atoms with Gasteiger partial charge in [0, 0.05) is 31.9 Å². The second-order valence-electron chi connectivity index (χ2n) is 4.42. The first-order valence-electron chi connectivity index (χ1n) is 6.09. The Morgan fingerprint density at radius 2 is 2.15 bits per heavy atom. The first kappa shape index (κ1) is 15.5. The van der Waals surface area contributed by atoms with Crippen molar-refractivity contribution in [3.63, 3.8) is 0 Å². The molecule has 0 N–H and O–H groups in total. The number of aryl methyl sites for hydroxylation is 2. The van der Waals surface area contributed by atoms with E-state index in [4.69, 9.17) is 11.6 Å². The average Bonchev–Trinajstić information content (AvgIpc) is 2.96. The molecule has 0 bridgehead atoms. The monoisotopic (exact) mass is 333 g/mol. The molecular formula is C12H16ClN3O2S2. The summed E-state index contributed by atoms with van der Waals surface area (Å²) in [6, 6.07) is 3.12. The summed E-state index contributed by atoms with van der Waals surface area (Å²) in [7, 11) is -1.94. The van der Waals surface area contributed by atoms with Crippen molar-refractivity contribution in [2.45, 2.75) is 31.1 Å². The fourth-order valence-electron chi connectivity index (χ4n) is 1.79. The number of hydrogen-bond acceptors (Lipinski definition) is 4. The third-order valence-electron chi connectivity index (χ3n) is 2.98. The first-order valence-corrected chi connectivity index (χ1v) is 8.72. The van der Waals surface area contributed by atoms with Crippen molar-refractivity contribution < 1.29 is 8.42 Å². The molecule has 0 unspecified atom stereocenters. The van der Waals surface area contributed by atoms with Crippen molar-refractivity contribution in [2.75, 3.05) is 7.05 Å². The first-order chi connectivity index (χ1) is 9.34. The van der Waals surface area contributed by atoms with Crippen molar-refractivity contribution >= 4 is 33.0 Å². The molecule has 20 heavy (non-hydrogen) atoms. The molecule has 0 radical (unpaired) electrons. The summed E-state index contributed by atoms with van der Waals surface area (Å²) in [6.07, 6.45) is 1.88. The van der Waals surface area contributed by atoms with Gasteiger partial charge in [0.05, 0.1) is 10.0 Å². The van der Waals surface area contributed by atoms with E-state index in [0.717, 1.165) is 29.1 Å². The van der Waals surface area contributed by atoms with Crippen LogP contribution in [-0.4, -0.2) is 29.6 Å². The maximum Gasteiger partial charge on any atom is 0.252 e. The molecule has 0 aliphatic rings. The predicted molar refractivity (Wildman–Crippen MR) is 80.6 cm³/mol. The van der Waals surface area contributed by atoms with Gasteiger partial charge in [-0.3, -0.25) is 4.68 Å². The van der Waals surface area contributed by atoms with Gasteiger partial charge in [0.1, 0.15) is 4.21 Å². The Hall–Kier alpha value is -0.890. The molecule has 0 amide bonds. The van der Waals surface area contributed by atoms with Crippen LogP contribution >= 0.6 is 22.9 Å². The SMILES string of the molecule is CCn1cc(CN(C)S(=O)(=O)c2ccc(Cl)s2)c(C)n1. The average molecular weight is 334 g/mol. The predicted octanol–water partition coefficient (Wildman–Crippen LogP) is 2.75. The van der Waals surface area contributed by atoms with Crippen LogP contribution in [0.3, 0.4) is 0 Å². The molecule has 2 heterocycles. The van der Waals surface area contributed by atoms with Crippen LogP contribution in [0.2, 0.25) is 4.34 Å². The minimum atomic E-state index is -3.50. The highest BCUT2D eigenvalue weighted by atomic mass is 35.5. The van der Waals surface area contributed by atoms with E-state index >= 15 is 0 Å². The van der Waals surface area contributed by atoms with Crippen LogP contribution in [0.5, 0.6) is 0 Å². The van der Waals surface area contributed by atoms with E-state index in [-0.39, 0.29) is 4.21 Å². The molecule has 8 heteroatoms. The van der Waals surface area contributed by atoms with E-state index in [1.165, 1.54) is 10.4 Å². The summed E-state index contributed by atoms with van der Waals surface area (Å²) in [4.78, 5) is 0. The number of nitrogens with zero attached hydrogens (tertiary/aromatic N) is 3. The van der Waals surface area contributed by atoms with Crippen molar-refractivity contribution in [3.8, 4) is 0 Å². The quantitative estimate of drug-likeness (QED) is 0.845. The zero-order valence-electron chi connectivity index (χ0n) is 11.5. The minimum absolute atomic E-state index is 0.255. The summed E-state index contributed by atoms with van der Waals surface area (Å²) in [6.45, 7) is 4.93. The van der Waals surface area contributed by atoms with E-state index in [2.05, 4.69) is 5.10 Å². The molecule has 0 aromatic carbocycles. The Morgan fingerprint density at radius 3 is 2.65 bits per heavy atom. The van der Waals surface area contributed by atoms with Gasteiger partial charge in [0.25, 0.3) is 10.0 Å². The maximum absolute atomic E-state index is 12.4. The van der Waals surface area contributed by atoms with E-state index in [1.54, 1.807) is 17.8 Å². The van der Waals surface area contributed by atoms with Gasteiger partial charge in [-0.05, 0) is 26.0 Å². The number of halogens is 1. The molecule has 0 aliphatic heterocycles. The van der Waals surface area contributed by atoms with Gasteiger partial charge in [-0.1, -0.05) is 11.6 Å². The molecule has 0 saturated heterocycles. The molecule has 110 valence electrons. The molecule has 2 rings (SSSR count). The van der Waals surface area contributed by atoms with Gasteiger partial charge in [-0.25, -0.2) is 8.42 Å². The van der Waals surface area contributed by atoms with Crippen LogP contribution in [0, 0.1) is 6.92 Å². The second kappa shape index (κ2) is 5.85. The Morgan fingerprint density at radius 1 is 1.45 bits per heavy atom. The molecule has 2 aromatic rings. The van der Waals surface area contributed by atoms with Crippen LogP contribution in [-0.2, 0) is 23.1 Å². The topological polar surface area (TPSA) is 55.2 Å². The number of sulfonamides is 1. The van der Waals surface area contributed by atoms with E-state index in [1.807, 2.05) is 20.0 Å². The third-order valence-corrected chi connectivity index (χ3v) is 6.48. The van der Waals surface area contributed by atoms with Crippen LogP contribution < -0.4 is 0 Å². The molecule has 0 saturated carbocycles. The second-order valence-corrected chi connectivity index (χ2v) is 8.40. The molecule has 0 spiro atoms. The Labute approximate surface area is 127 Å². The van der Waals surface area contributed by atoms with Gasteiger partial charge in [0.2, 0.25) is 0 Å². The summed E-state index contributed by atoms with van der Waals surface area (Å²) < 4.78 is 28.6. The van der Waals surface area contributed by atoms with Gasteiger partial charge >= 0.3 is 0 Å². The lowest BCUT2D eigenvalue weighted by Gasteiger charge is -2.15. The summed E-state index contributed by atoms with van der Waals surface area (Å²) in [5.74, 6) is 0. The lowest BCUT2D eigenvalue weighted by atomic mass is 10.3. The Balaban J connectivity index is 2.23. The van der Waals surface area contributed by atoms with E-state index < -0.39 is 10.0 Å². The fraction of sp³-hybridized carbons (Fsp3) is 0.417. The maximum atomic E-state index is 12.4. The number of hydrogen-bond donors (Lipinski definition) is 0. The van der Waals surface area contributed by atoms with Crippen molar-refractivity contribution in [2.24, 2.45) is 0 Å². The van der Waals surface area contributed by atoms with Crippen LogP contribution in [0.15, 0.2) is 22.5 Å². The lowest BCUT2D eigenvalue weighted by Crippen LogP contribution is -2.25. The third kappa shape index (κ3) is 3.06. The van der Waals surface area contributed by atoms with E-state index in [0.29, 0.717) is 10.9 Å². The Kier molecular flexibility index (Phi) is 4.53. The molecular weight excluding hydrogens is 318 g/mol. The van der Waals surface area contributed by atoms with Gasteiger partial charge in [-0.15, -0.1) is 11.3 Å². The fourth-order valence-corrected chi connectivity index (χ4v) is 4.63. The summed E-state index contributed by atoms with van der Waals surface area (Å²) in [5.41, 5.74) is 1.75. The van der Waals surface area contributed by atoms with Crippen molar-refractivity contribution in [1.29, 1.82) is 0 Å². The largest absolute Gasteiger partial charge is 0.272 e. The highest BCUT2D eigenvalue weighted by Crippen LogP contribution is 2.28. The number of thiophene rings is 1. The molecule has 2 aromatic heterocycles. The van der Waals surface area contributed by atoms with E-state index in [9.17, 15) is 8.42 Å². The highest BCUT2D eigenvalue weighted by molar-refractivity contribution is 7.91. The Bertz CT molecular complexity index is 706. The smallest absolute Gasteiger partial charge is 0.252 e. The van der Waals surface area contributed by atoms with Crippen LogP contribution in [0.4, 0.5) is 0 Å². The number of aromatic nitrogens is 2. The summed E-state index contributed by atoms with van der Waals surface area (Å²) >= 11 is 6.86. The molecule has 0 aliphatic carbocycles. The van der Waals surface area contributed by atoms with Crippen molar-refractivity contribution in [3.05, 3.63) is 33.9 Å². The zero-order chi connectivity index (χ0) is 14.9. The van der Waals surface area contributed by atoms with Gasteiger partial charge < -0.3 is 0 Å². The molecule has 0 atom stereocenters. The summed E-state index contributed by atoms with van der Waals surface area (Å²) in [5, 5.41) is 4.32. The number of rotatable bonds is 5. The standard InChI is InChI=1S/C12H16ClN3O2S2/c1-4-16-8-10(9(2)14-16)7-15(3)20(17,18)12-6-5-11(13)19-12/h5-6,8H,4,7H2,1-3H3. The molecule has 0 fully saturated rings. The minimum Gasteiger partial charge on any atom is -0.272 e. The van der Waals surface area contributed by atoms with Gasteiger partial charge in [0.15, 0.2) is 0 Å². The lowest BCUT2D eigenvalue weighted by molar-refractivity contribution is 0.467. The van der Waals surface area contributed by atoms with Gasteiger partial charge in [-0.2, -0.15) is 9.40 Å². The van der Waals surface area contributed by atoms with Crippen molar-refractivity contribution in [1.82, 2.24) is 14.1 Å². The van der Waals surface area contributed by atoms with Crippen LogP contribution in [0.1, 0.15) is 18.2 Å². The van der Waals surface area contributed by atoms with Crippen LogP contribution in [0.25, 0.3) is 0 Å². The normalized spacial score (nSPS) is 12.2.